The minimum atomic E-state index is -0.311. The molecular formula is C13H19NO3. The average Bonchev–Trinajstić information content (AvgIpc) is 2.86. The van der Waals surface area contributed by atoms with Gasteiger partial charge >= 0.3 is 0 Å². The fraction of sp³-hybridized carbons (Fsp3) is 0.769. The Morgan fingerprint density at radius 3 is 3.18 bits per heavy atom. The monoisotopic (exact) mass is 237 g/mol. The Morgan fingerprint density at radius 1 is 1.41 bits per heavy atom. The van der Waals surface area contributed by atoms with Crippen molar-refractivity contribution in [3.63, 3.8) is 0 Å². The van der Waals surface area contributed by atoms with Crippen molar-refractivity contribution >= 4 is 5.78 Å². The number of ketones is 1. The van der Waals surface area contributed by atoms with E-state index in [1.807, 2.05) is 6.08 Å². The van der Waals surface area contributed by atoms with Crippen LogP contribution in [0.25, 0.3) is 0 Å². The second-order valence-electron chi connectivity index (χ2n) is 5.04. The first-order valence-electron chi connectivity index (χ1n) is 6.57. The van der Waals surface area contributed by atoms with Crippen molar-refractivity contribution in [3.05, 3.63) is 11.8 Å². The molecule has 2 atom stereocenters. The number of ether oxygens (including phenoxy) is 2. The Bertz CT molecular complexity index is 340. The van der Waals surface area contributed by atoms with Gasteiger partial charge in [-0.15, -0.1) is 0 Å². The lowest BCUT2D eigenvalue weighted by molar-refractivity contribution is -0.138. The number of Topliss-reactive ketones (excluding diaryl/α,β-unsaturated/α-hetero) is 1. The van der Waals surface area contributed by atoms with E-state index in [9.17, 15) is 4.79 Å². The summed E-state index contributed by atoms with van der Waals surface area (Å²) in [6, 6.07) is 0.542. The molecule has 0 aliphatic carbocycles. The number of hydrogen-bond acceptors (Lipinski definition) is 4. The zero-order valence-corrected chi connectivity index (χ0v) is 10.1. The van der Waals surface area contributed by atoms with Gasteiger partial charge in [-0.2, -0.15) is 0 Å². The van der Waals surface area contributed by atoms with E-state index >= 15 is 0 Å². The summed E-state index contributed by atoms with van der Waals surface area (Å²) in [7, 11) is 0. The van der Waals surface area contributed by atoms with Crippen LogP contribution in [-0.4, -0.2) is 49.1 Å². The Balaban J connectivity index is 1.64. The van der Waals surface area contributed by atoms with E-state index in [-0.39, 0.29) is 11.9 Å². The summed E-state index contributed by atoms with van der Waals surface area (Å²) in [6.45, 7) is 3.21. The van der Waals surface area contributed by atoms with Gasteiger partial charge in [-0.1, -0.05) is 0 Å². The molecule has 94 valence electrons. The van der Waals surface area contributed by atoms with Gasteiger partial charge in [-0.3, -0.25) is 9.69 Å². The van der Waals surface area contributed by atoms with Crippen molar-refractivity contribution in [2.24, 2.45) is 0 Å². The van der Waals surface area contributed by atoms with Crippen molar-refractivity contribution in [1.29, 1.82) is 0 Å². The Kier molecular flexibility index (Phi) is 3.16. The van der Waals surface area contributed by atoms with Crippen molar-refractivity contribution in [1.82, 2.24) is 4.90 Å². The fourth-order valence-electron chi connectivity index (χ4n) is 2.86. The van der Waals surface area contributed by atoms with Crippen LogP contribution < -0.4 is 0 Å². The van der Waals surface area contributed by atoms with Gasteiger partial charge in [0.25, 0.3) is 0 Å². The van der Waals surface area contributed by atoms with Crippen LogP contribution in [0.5, 0.6) is 0 Å². The number of nitrogens with zero attached hydrogens (tertiary/aromatic N) is 1. The molecule has 0 radical (unpaired) electrons. The Labute approximate surface area is 102 Å². The molecule has 0 saturated carbocycles. The molecule has 0 bridgehead atoms. The van der Waals surface area contributed by atoms with Crippen molar-refractivity contribution in [2.75, 3.05) is 26.3 Å². The van der Waals surface area contributed by atoms with Crippen LogP contribution in [0.1, 0.15) is 25.7 Å². The minimum absolute atomic E-state index is 0.0371. The molecule has 0 spiro atoms. The molecule has 0 N–H and O–H groups in total. The highest BCUT2D eigenvalue weighted by Gasteiger charge is 2.36. The van der Waals surface area contributed by atoms with Gasteiger partial charge in [0, 0.05) is 12.6 Å². The highest BCUT2D eigenvalue weighted by atomic mass is 16.5. The summed E-state index contributed by atoms with van der Waals surface area (Å²) in [5, 5.41) is 0. The largest absolute Gasteiger partial charge is 0.490 e. The summed E-state index contributed by atoms with van der Waals surface area (Å²) in [4.78, 5) is 14.6. The van der Waals surface area contributed by atoms with E-state index in [0.29, 0.717) is 25.0 Å². The van der Waals surface area contributed by atoms with Crippen LogP contribution in [0.3, 0.4) is 0 Å². The van der Waals surface area contributed by atoms with Gasteiger partial charge in [-0.05, 0) is 38.3 Å². The molecule has 17 heavy (non-hydrogen) atoms. The first kappa shape index (κ1) is 11.2. The summed E-state index contributed by atoms with van der Waals surface area (Å²) in [6.07, 6.45) is 5.99. The van der Waals surface area contributed by atoms with Crippen LogP contribution in [0, 0.1) is 0 Å². The molecule has 4 heteroatoms. The third-order valence-corrected chi connectivity index (χ3v) is 3.86. The van der Waals surface area contributed by atoms with Crippen molar-refractivity contribution in [3.8, 4) is 0 Å². The number of hydrogen-bond donors (Lipinski definition) is 0. The zero-order chi connectivity index (χ0) is 11.7. The first-order chi connectivity index (χ1) is 8.34. The van der Waals surface area contributed by atoms with Crippen molar-refractivity contribution < 1.29 is 14.3 Å². The lowest BCUT2D eigenvalue weighted by Crippen LogP contribution is -2.49. The average molecular weight is 237 g/mol. The van der Waals surface area contributed by atoms with E-state index in [4.69, 9.17) is 9.47 Å². The highest BCUT2D eigenvalue weighted by Crippen LogP contribution is 2.24. The summed E-state index contributed by atoms with van der Waals surface area (Å²) in [5.41, 5.74) is 0. The van der Waals surface area contributed by atoms with Crippen molar-refractivity contribution in [2.45, 2.75) is 37.8 Å². The van der Waals surface area contributed by atoms with Crippen LogP contribution in [0.2, 0.25) is 0 Å². The summed E-state index contributed by atoms with van der Waals surface area (Å²) in [5.74, 6) is 0.564. The van der Waals surface area contributed by atoms with Crippen LogP contribution in [0.4, 0.5) is 0 Å². The maximum atomic E-state index is 12.2. The molecule has 0 amide bonds. The smallest absolute Gasteiger partial charge is 0.226 e. The molecule has 4 nitrogen and oxygen atoms in total. The van der Waals surface area contributed by atoms with E-state index < -0.39 is 0 Å². The second kappa shape index (κ2) is 4.78. The van der Waals surface area contributed by atoms with E-state index in [0.717, 1.165) is 25.9 Å². The van der Waals surface area contributed by atoms with E-state index in [2.05, 4.69) is 4.90 Å². The summed E-state index contributed by atoms with van der Waals surface area (Å²) < 4.78 is 11.1. The second-order valence-corrected chi connectivity index (χ2v) is 5.04. The highest BCUT2D eigenvalue weighted by molar-refractivity contribution is 5.97. The fourth-order valence-corrected chi connectivity index (χ4v) is 2.86. The third-order valence-electron chi connectivity index (χ3n) is 3.86. The standard InChI is InChI=1S/C13H19NO3/c15-13(11-5-1-2-7-16-11)12-8-14-6-3-4-10(14)9-17-12/h5,10,12H,1-4,6-9H2. The van der Waals surface area contributed by atoms with Crippen LogP contribution in [-0.2, 0) is 14.3 Å². The lowest BCUT2D eigenvalue weighted by atomic mass is 10.1. The molecule has 0 aromatic heterocycles. The molecule has 3 heterocycles. The molecular weight excluding hydrogens is 218 g/mol. The minimum Gasteiger partial charge on any atom is -0.490 e. The van der Waals surface area contributed by atoms with E-state index in [1.54, 1.807) is 0 Å². The van der Waals surface area contributed by atoms with Gasteiger partial charge < -0.3 is 9.47 Å². The number of fused-ring (bicyclic) bond motifs is 1. The number of carbonyl (C=O) groups excluding carboxylic acids is 1. The molecule has 2 unspecified atom stereocenters. The zero-order valence-electron chi connectivity index (χ0n) is 10.1. The molecule has 0 aromatic carbocycles. The molecule has 0 aromatic rings. The van der Waals surface area contributed by atoms with Gasteiger partial charge in [0.15, 0.2) is 5.76 Å². The predicted molar refractivity (Wildman–Crippen MR) is 62.6 cm³/mol. The maximum Gasteiger partial charge on any atom is 0.226 e. The van der Waals surface area contributed by atoms with Crippen LogP contribution in [0.15, 0.2) is 11.8 Å². The van der Waals surface area contributed by atoms with Gasteiger partial charge in [0.05, 0.1) is 13.2 Å². The molecule has 3 aliphatic rings. The summed E-state index contributed by atoms with van der Waals surface area (Å²) >= 11 is 0. The SMILES string of the molecule is O=C(C1=CCCCO1)C1CN2CCCC2CO1. The quantitative estimate of drug-likeness (QED) is 0.721. The molecule has 2 fully saturated rings. The number of allylic oxidation sites excluding steroid dienone is 1. The van der Waals surface area contributed by atoms with Crippen LogP contribution >= 0.6 is 0 Å². The Hall–Kier alpha value is -0.870. The number of morpholine rings is 1. The number of rotatable bonds is 2. The number of carbonyl (C=O) groups is 1. The third kappa shape index (κ3) is 2.24. The normalized spacial score (nSPS) is 33.8. The molecule has 2 saturated heterocycles. The topological polar surface area (TPSA) is 38.8 Å². The van der Waals surface area contributed by atoms with Gasteiger partial charge in [-0.25, -0.2) is 0 Å². The lowest BCUT2D eigenvalue weighted by Gasteiger charge is -2.34. The van der Waals surface area contributed by atoms with Gasteiger partial charge in [0.1, 0.15) is 6.10 Å². The molecule has 3 rings (SSSR count). The predicted octanol–water partition coefficient (Wildman–Crippen LogP) is 1.11. The van der Waals surface area contributed by atoms with Gasteiger partial charge in [0.2, 0.25) is 5.78 Å². The molecule has 3 aliphatic heterocycles. The van der Waals surface area contributed by atoms with E-state index in [1.165, 1.54) is 12.8 Å². The first-order valence-corrected chi connectivity index (χ1v) is 6.57. The Morgan fingerprint density at radius 2 is 2.35 bits per heavy atom. The maximum absolute atomic E-state index is 12.2.